The van der Waals surface area contributed by atoms with Gasteiger partial charge in [0.25, 0.3) is 0 Å². The summed E-state index contributed by atoms with van der Waals surface area (Å²) in [7, 11) is 0. The van der Waals surface area contributed by atoms with Crippen LogP contribution in [0.2, 0.25) is 0 Å². The molecule has 0 saturated carbocycles. The lowest BCUT2D eigenvalue weighted by atomic mass is 9.82. The molecule has 0 bridgehead atoms. The summed E-state index contributed by atoms with van der Waals surface area (Å²) in [5, 5.41) is 20.6. The average Bonchev–Trinajstić information content (AvgIpc) is 2.92. The molecule has 20 unspecified atom stereocenters. The molecule has 0 radical (unpaired) electrons. The normalized spacial score (nSPS) is 56.9. The van der Waals surface area contributed by atoms with Gasteiger partial charge in [-0.25, -0.2) is 0 Å². The fraction of sp³-hybridized carbons (Fsp3) is 1.00. The highest BCUT2D eigenvalue weighted by atomic mass is 16.7. The number of ether oxygens (including phenoxy) is 7. The molecule has 20 atom stereocenters. The van der Waals surface area contributed by atoms with Crippen molar-refractivity contribution in [1.29, 1.82) is 0 Å². The fourth-order valence-electron chi connectivity index (χ4n) is 7.22. The minimum absolute atomic E-state index is 0.0194. The van der Waals surface area contributed by atoms with Gasteiger partial charge in [-0.3, -0.25) is 0 Å². The highest BCUT2D eigenvalue weighted by Gasteiger charge is 2.50. The van der Waals surface area contributed by atoms with Crippen molar-refractivity contribution in [3.63, 3.8) is 0 Å². The Morgan fingerprint density at radius 3 is 1.10 bits per heavy atom. The molecule has 4 aliphatic heterocycles. The van der Waals surface area contributed by atoms with E-state index in [0.717, 1.165) is 0 Å². The Balaban J connectivity index is 1.37. The van der Waals surface area contributed by atoms with Crippen LogP contribution in [0.5, 0.6) is 0 Å². The van der Waals surface area contributed by atoms with Crippen LogP contribution in [-0.2, 0) is 33.2 Å². The summed E-state index contributed by atoms with van der Waals surface area (Å²) in [4.78, 5) is 0. The summed E-state index contributed by atoms with van der Waals surface area (Å²) in [6.07, 6.45) is -3.76. The molecule has 9 heteroatoms. The number of aliphatic hydroxyl groups excluding tert-OH is 2. The molecule has 4 fully saturated rings. The summed E-state index contributed by atoms with van der Waals surface area (Å²) in [5.74, 6) is 0.798. The van der Waals surface area contributed by atoms with Crippen LogP contribution in [0.4, 0.5) is 0 Å². The molecule has 0 aromatic carbocycles. The maximum absolute atomic E-state index is 10.4. The van der Waals surface area contributed by atoms with E-state index in [-0.39, 0.29) is 109 Å². The third kappa shape index (κ3) is 6.69. The maximum atomic E-state index is 10.4. The summed E-state index contributed by atoms with van der Waals surface area (Å²) in [6, 6.07) is 0. The van der Waals surface area contributed by atoms with Crippen LogP contribution < -0.4 is 0 Å². The average molecular weight is 587 g/mol. The van der Waals surface area contributed by atoms with Gasteiger partial charge in [0.1, 0.15) is 0 Å². The first-order valence-electron chi connectivity index (χ1n) is 16.1. The minimum atomic E-state index is -0.772. The molecular weight excluding hydrogens is 528 g/mol. The topological polar surface area (TPSA) is 105 Å². The molecule has 0 aromatic heterocycles. The van der Waals surface area contributed by atoms with Crippen molar-refractivity contribution in [3.8, 4) is 0 Å². The largest absolute Gasteiger partial charge is 0.390 e. The zero-order valence-corrected chi connectivity index (χ0v) is 27.3. The lowest BCUT2D eigenvalue weighted by Gasteiger charge is -2.50. The first-order chi connectivity index (χ1) is 19.1. The molecule has 240 valence electrons. The molecule has 9 nitrogen and oxygen atoms in total. The van der Waals surface area contributed by atoms with Gasteiger partial charge in [0.05, 0.1) is 48.8 Å². The van der Waals surface area contributed by atoms with E-state index >= 15 is 0 Å². The Kier molecular flexibility index (Phi) is 10.9. The van der Waals surface area contributed by atoms with Gasteiger partial charge in [0.15, 0.2) is 25.2 Å². The van der Waals surface area contributed by atoms with Crippen LogP contribution in [0.15, 0.2) is 0 Å². The molecule has 2 N–H and O–H groups in total. The first kappa shape index (κ1) is 33.5. The maximum Gasteiger partial charge on any atom is 0.161 e. The van der Waals surface area contributed by atoms with Crippen molar-refractivity contribution in [3.05, 3.63) is 0 Å². The van der Waals surface area contributed by atoms with Gasteiger partial charge in [-0.1, -0.05) is 55.4 Å². The predicted molar refractivity (Wildman–Crippen MR) is 153 cm³/mol. The van der Waals surface area contributed by atoms with E-state index in [2.05, 4.69) is 48.5 Å². The standard InChI is InChI=1S/C32H58O9/c1-13-18(6)30(36-21(9)25(13)33)40-27-15(3)20(8)32(38-23(27)11)41-28-16(4)19(7)31(37-24(28)12)39-26-14(2)17(5)29(34)35-22(26)10/h13-34H,1-12H3. The number of hydrogen-bond donors (Lipinski definition) is 2. The molecule has 4 rings (SSSR count). The monoisotopic (exact) mass is 586 g/mol. The van der Waals surface area contributed by atoms with Crippen molar-refractivity contribution in [2.45, 2.75) is 157 Å². The molecule has 0 spiro atoms. The number of aliphatic hydroxyl groups is 2. The number of rotatable bonds is 6. The zero-order chi connectivity index (χ0) is 30.5. The van der Waals surface area contributed by atoms with Crippen molar-refractivity contribution in [2.75, 3.05) is 0 Å². The van der Waals surface area contributed by atoms with Crippen LogP contribution in [0.3, 0.4) is 0 Å². The highest BCUT2D eigenvalue weighted by molar-refractivity contribution is 4.91. The molecule has 0 aliphatic carbocycles. The lowest BCUT2D eigenvalue weighted by molar-refractivity contribution is -0.354. The predicted octanol–water partition coefficient (Wildman–Crippen LogP) is 4.56. The second-order valence-electron chi connectivity index (χ2n) is 14.0. The van der Waals surface area contributed by atoms with Crippen LogP contribution >= 0.6 is 0 Å². The van der Waals surface area contributed by atoms with E-state index in [4.69, 9.17) is 33.2 Å². The smallest absolute Gasteiger partial charge is 0.161 e. The third-order valence-corrected chi connectivity index (χ3v) is 11.3. The van der Waals surface area contributed by atoms with Crippen molar-refractivity contribution in [2.24, 2.45) is 47.3 Å². The van der Waals surface area contributed by atoms with Gasteiger partial charge >= 0.3 is 0 Å². The Morgan fingerprint density at radius 1 is 0.366 bits per heavy atom. The van der Waals surface area contributed by atoms with Crippen LogP contribution in [-0.4, -0.2) is 84.2 Å². The van der Waals surface area contributed by atoms with Crippen LogP contribution in [0.25, 0.3) is 0 Å². The molecule has 0 amide bonds. The SMILES string of the molecule is CC1OC(OC2C(C)OC(OC3C(C)OC(OC4C(C)OC(O)C(C)C4C)C(C)C3C)C(C)C2C)C(C)C(C)C1O. The summed E-state index contributed by atoms with van der Waals surface area (Å²) in [6.45, 7) is 24.9. The van der Waals surface area contributed by atoms with Gasteiger partial charge < -0.3 is 43.4 Å². The molecular formula is C32H58O9. The molecule has 4 saturated heterocycles. The van der Waals surface area contributed by atoms with Crippen molar-refractivity contribution < 1.29 is 43.4 Å². The van der Waals surface area contributed by atoms with E-state index in [0.29, 0.717) is 0 Å². The van der Waals surface area contributed by atoms with E-state index < -0.39 is 12.4 Å². The first-order valence-corrected chi connectivity index (χ1v) is 16.1. The Hall–Kier alpha value is -0.360. The van der Waals surface area contributed by atoms with E-state index in [9.17, 15) is 10.2 Å². The number of hydrogen-bond acceptors (Lipinski definition) is 9. The van der Waals surface area contributed by atoms with E-state index in [1.165, 1.54) is 0 Å². The fourth-order valence-corrected chi connectivity index (χ4v) is 7.22. The van der Waals surface area contributed by atoms with Gasteiger partial charge in [-0.15, -0.1) is 0 Å². The third-order valence-electron chi connectivity index (χ3n) is 11.3. The van der Waals surface area contributed by atoms with Crippen molar-refractivity contribution in [1.82, 2.24) is 0 Å². The summed E-state index contributed by atoms with van der Waals surface area (Å²) >= 11 is 0. The Morgan fingerprint density at radius 2 is 0.683 bits per heavy atom. The quantitative estimate of drug-likeness (QED) is 0.463. The van der Waals surface area contributed by atoms with Crippen LogP contribution in [0.1, 0.15) is 83.1 Å². The lowest BCUT2D eigenvalue weighted by Crippen LogP contribution is -2.58. The van der Waals surface area contributed by atoms with Gasteiger partial charge in [0, 0.05) is 23.7 Å². The minimum Gasteiger partial charge on any atom is -0.390 e. The Bertz CT molecular complexity index is 844. The van der Waals surface area contributed by atoms with Gasteiger partial charge in [-0.2, -0.15) is 0 Å². The van der Waals surface area contributed by atoms with E-state index in [1.54, 1.807) is 0 Å². The van der Waals surface area contributed by atoms with Crippen molar-refractivity contribution >= 4 is 0 Å². The second kappa shape index (κ2) is 13.3. The van der Waals surface area contributed by atoms with Gasteiger partial charge in [-0.05, 0) is 51.4 Å². The molecule has 0 aromatic rings. The summed E-state index contributed by atoms with van der Waals surface area (Å²) < 4.78 is 44.6. The summed E-state index contributed by atoms with van der Waals surface area (Å²) in [5.41, 5.74) is 0. The highest BCUT2D eigenvalue weighted by Crippen LogP contribution is 2.42. The molecule has 4 heterocycles. The molecule has 41 heavy (non-hydrogen) atoms. The van der Waals surface area contributed by atoms with Crippen LogP contribution in [0, 0.1) is 47.3 Å². The van der Waals surface area contributed by atoms with Gasteiger partial charge in [0.2, 0.25) is 0 Å². The Labute approximate surface area is 247 Å². The second-order valence-corrected chi connectivity index (χ2v) is 14.0. The zero-order valence-electron chi connectivity index (χ0n) is 27.3. The van der Waals surface area contributed by atoms with E-state index in [1.807, 2.05) is 34.6 Å². The molecule has 4 aliphatic rings.